The first-order chi connectivity index (χ1) is 11.9. The minimum Gasteiger partial charge on any atom is -0.454 e. The van der Waals surface area contributed by atoms with Gasteiger partial charge in [0.05, 0.1) is 18.0 Å². The van der Waals surface area contributed by atoms with Crippen molar-refractivity contribution in [2.24, 2.45) is 5.10 Å². The van der Waals surface area contributed by atoms with Gasteiger partial charge in [0.1, 0.15) is 0 Å². The van der Waals surface area contributed by atoms with Crippen LogP contribution in [-0.2, 0) is 10.0 Å². The summed E-state index contributed by atoms with van der Waals surface area (Å²) in [5, 5.41) is 4.40. The molecule has 0 radical (unpaired) electrons. The predicted octanol–water partition coefficient (Wildman–Crippen LogP) is 2.83. The van der Waals surface area contributed by atoms with E-state index in [0.717, 1.165) is 16.7 Å². The van der Waals surface area contributed by atoms with Gasteiger partial charge >= 0.3 is 0 Å². The van der Waals surface area contributed by atoms with Crippen molar-refractivity contribution in [3.05, 3.63) is 59.2 Å². The lowest BCUT2D eigenvalue weighted by atomic mass is 9.98. The highest BCUT2D eigenvalue weighted by Gasteiger charge is 2.34. The van der Waals surface area contributed by atoms with Crippen molar-refractivity contribution < 1.29 is 17.9 Å². The van der Waals surface area contributed by atoms with Crippen molar-refractivity contribution in [3.8, 4) is 11.5 Å². The Morgan fingerprint density at radius 1 is 1.08 bits per heavy atom. The van der Waals surface area contributed by atoms with E-state index >= 15 is 0 Å². The summed E-state index contributed by atoms with van der Waals surface area (Å²) in [7, 11) is -3.47. The highest BCUT2D eigenvalue weighted by atomic mass is 32.2. The number of rotatable bonds is 3. The molecule has 2 aliphatic rings. The standard InChI is InChI=1S/C18H18N2O4S/c1-12-3-5-13(6-4-12)16-10-15(19-20(16)25(2,21)22)14-7-8-17-18(9-14)24-11-23-17/h3-9,16H,10-11H2,1-2H3/t16-/m0/s1. The number of benzene rings is 2. The van der Waals surface area contributed by atoms with Crippen molar-refractivity contribution >= 4 is 15.7 Å². The van der Waals surface area contributed by atoms with Gasteiger partial charge in [0, 0.05) is 12.0 Å². The first-order valence-electron chi connectivity index (χ1n) is 7.95. The molecule has 0 bridgehead atoms. The van der Waals surface area contributed by atoms with E-state index in [-0.39, 0.29) is 12.8 Å². The van der Waals surface area contributed by atoms with Crippen molar-refractivity contribution in [2.45, 2.75) is 19.4 Å². The van der Waals surface area contributed by atoms with Gasteiger partial charge in [-0.2, -0.15) is 9.52 Å². The Balaban J connectivity index is 1.71. The van der Waals surface area contributed by atoms with Crippen molar-refractivity contribution in [1.29, 1.82) is 0 Å². The highest BCUT2D eigenvalue weighted by Crippen LogP contribution is 2.37. The average Bonchev–Trinajstić information content (AvgIpc) is 3.21. The van der Waals surface area contributed by atoms with Gasteiger partial charge in [-0.1, -0.05) is 29.8 Å². The van der Waals surface area contributed by atoms with Gasteiger partial charge < -0.3 is 9.47 Å². The fourth-order valence-electron chi connectivity index (χ4n) is 3.08. The van der Waals surface area contributed by atoms with Crippen LogP contribution in [0.2, 0.25) is 0 Å². The number of ether oxygens (including phenoxy) is 2. The first kappa shape index (κ1) is 16.0. The van der Waals surface area contributed by atoms with Crippen LogP contribution < -0.4 is 9.47 Å². The quantitative estimate of drug-likeness (QED) is 0.846. The molecular weight excluding hydrogens is 340 g/mol. The van der Waals surface area contributed by atoms with Gasteiger partial charge in [-0.15, -0.1) is 0 Å². The summed E-state index contributed by atoms with van der Waals surface area (Å²) in [5.41, 5.74) is 3.61. The van der Waals surface area contributed by atoms with E-state index in [9.17, 15) is 8.42 Å². The molecule has 4 rings (SSSR count). The first-order valence-corrected chi connectivity index (χ1v) is 9.80. The van der Waals surface area contributed by atoms with Crippen molar-refractivity contribution in [1.82, 2.24) is 4.41 Å². The van der Waals surface area contributed by atoms with Crippen LogP contribution in [0.5, 0.6) is 11.5 Å². The van der Waals surface area contributed by atoms with Crippen LogP contribution in [0.4, 0.5) is 0 Å². The van der Waals surface area contributed by atoms with Crippen LogP contribution in [0.15, 0.2) is 47.6 Å². The van der Waals surface area contributed by atoms with E-state index in [1.807, 2.05) is 49.4 Å². The number of sulfonamides is 1. The summed E-state index contributed by atoms with van der Waals surface area (Å²) >= 11 is 0. The molecule has 0 unspecified atom stereocenters. The molecule has 130 valence electrons. The van der Waals surface area contributed by atoms with Crippen LogP contribution >= 0.6 is 0 Å². The predicted molar refractivity (Wildman–Crippen MR) is 94.3 cm³/mol. The summed E-state index contributed by atoms with van der Waals surface area (Å²) in [6.07, 6.45) is 1.69. The third-order valence-electron chi connectivity index (χ3n) is 4.38. The smallest absolute Gasteiger partial charge is 0.247 e. The summed E-state index contributed by atoms with van der Waals surface area (Å²) in [4.78, 5) is 0. The third kappa shape index (κ3) is 2.95. The van der Waals surface area contributed by atoms with Gasteiger partial charge in [0.25, 0.3) is 0 Å². The van der Waals surface area contributed by atoms with Crippen LogP contribution in [0.1, 0.15) is 29.2 Å². The second-order valence-electron chi connectivity index (χ2n) is 6.28. The number of aryl methyl sites for hydroxylation is 1. The van der Waals surface area contributed by atoms with E-state index in [1.54, 1.807) is 0 Å². The zero-order chi connectivity index (χ0) is 17.6. The molecule has 0 N–H and O–H groups in total. The fraction of sp³-hybridized carbons (Fsp3) is 0.278. The summed E-state index contributed by atoms with van der Waals surface area (Å²) in [5.74, 6) is 1.35. The Kier molecular flexibility index (Phi) is 3.68. The fourth-order valence-corrected chi connectivity index (χ4v) is 3.99. The largest absolute Gasteiger partial charge is 0.454 e. The molecule has 0 amide bonds. The topological polar surface area (TPSA) is 68.2 Å². The minimum atomic E-state index is -3.47. The van der Waals surface area contributed by atoms with Crippen LogP contribution in [0, 0.1) is 6.92 Å². The minimum absolute atomic E-state index is 0.201. The number of hydrogen-bond acceptors (Lipinski definition) is 5. The Labute approximate surface area is 146 Å². The molecule has 25 heavy (non-hydrogen) atoms. The Morgan fingerprint density at radius 3 is 2.52 bits per heavy atom. The molecule has 7 heteroatoms. The molecule has 0 saturated heterocycles. The monoisotopic (exact) mass is 358 g/mol. The molecule has 2 heterocycles. The average molecular weight is 358 g/mol. The van der Waals surface area contributed by atoms with E-state index in [4.69, 9.17) is 9.47 Å². The Morgan fingerprint density at radius 2 is 1.80 bits per heavy atom. The highest BCUT2D eigenvalue weighted by molar-refractivity contribution is 7.88. The molecule has 2 aromatic carbocycles. The molecular formula is C18H18N2O4S. The molecule has 0 saturated carbocycles. The summed E-state index contributed by atoms with van der Waals surface area (Å²) < 4.78 is 36.4. The zero-order valence-electron chi connectivity index (χ0n) is 14.0. The normalized spacial score (nSPS) is 19.2. The van der Waals surface area contributed by atoms with E-state index in [0.29, 0.717) is 23.6 Å². The Hall–Kier alpha value is -2.54. The Bertz CT molecular complexity index is 952. The summed E-state index contributed by atoms with van der Waals surface area (Å²) in [6, 6.07) is 13.1. The zero-order valence-corrected chi connectivity index (χ0v) is 14.8. The number of hydrazone groups is 1. The summed E-state index contributed by atoms with van der Waals surface area (Å²) in [6.45, 7) is 2.20. The van der Waals surface area contributed by atoms with Gasteiger partial charge in [0.15, 0.2) is 11.5 Å². The van der Waals surface area contributed by atoms with Crippen LogP contribution in [0.3, 0.4) is 0 Å². The maximum Gasteiger partial charge on any atom is 0.247 e. The lowest BCUT2D eigenvalue weighted by molar-refractivity contribution is 0.174. The number of nitrogens with zero attached hydrogens (tertiary/aromatic N) is 2. The van der Waals surface area contributed by atoms with Gasteiger partial charge in [0.2, 0.25) is 16.8 Å². The SMILES string of the molecule is Cc1ccc([C@@H]2CC(c3ccc4c(c3)OCO4)=NN2S(C)(=O)=O)cc1. The second-order valence-corrected chi connectivity index (χ2v) is 8.12. The van der Waals surface area contributed by atoms with Gasteiger partial charge in [-0.3, -0.25) is 0 Å². The van der Waals surface area contributed by atoms with Crippen LogP contribution in [-0.4, -0.2) is 31.6 Å². The molecule has 0 spiro atoms. The van der Waals surface area contributed by atoms with Crippen molar-refractivity contribution in [2.75, 3.05) is 13.0 Å². The molecule has 0 aliphatic carbocycles. The van der Waals surface area contributed by atoms with E-state index in [1.165, 1.54) is 10.7 Å². The molecule has 2 aromatic rings. The lowest BCUT2D eigenvalue weighted by Crippen LogP contribution is -2.25. The maximum atomic E-state index is 12.2. The molecule has 0 fully saturated rings. The molecule has 6 nitrogen and oxygen atoms in total. The van der Waals surface area contributed by atoms with E-state index < -0.39 is 10.0 Å². The molecule has 1 atom stereocenters. The lowest BCUT2D eigenvalue weighted by Gasteiger charge is -2.21. The number of hydrogen-bond donors (Lipinski definition) is 0. The van der Waals surface area contributed by atoms with Gasteiger partial charge in [-0.25, -0.2) is 8.42 Å². The maximum absolute atomic E-state index is 12.2. The molecule has 0 aromatic heterocycles. The second kappa shape index (κ2) is 5.77. The third-order valence-corrected chi connectivity index (χ3v) is 5.40. The molecule has 2 aliphatic heterocycles. The van der Waals surface area contributed by atoms with Gasteiger partial charge in [-0.05, 0) is 30.7 Å². The number of fused-ring (bicyclic) bond motifs is 1. The van der Waals surface area contributed by atoms with E-state index in [2.05, 4.69) is 5.10 Å². The van der Waals surface area contributed by atoms with Crippen LogP contribution in [0.25, 0.3) is 0 Å². The van der Waals surface area contributed by atoms with Crippen molar-refractivity contribution in [3.63, 3.8) is 0 Å².